The largest absolute Gasteiger partial charge is 0.397 e. The molecule has 2 saturated heterocycles. The van der Waals surface area contributed by atoms with Gasteiger partial charge in [0, 0.05) is 18.7 Å². The second-order valence-electron chi connectivity index (χ2n) is 4.95. The number of nitrogens with two attached hydrogens (primary N) is 2. The Balaban J connectivity index is 1.81. The van der Waals surface area contributed by atoms with Gasteiger partial charge in [0.1, 0.15) is 0 Å². The highest BCUT2D eigenvalue weighted by Gasteiger charge is 2.40. The van der Waals surface area contributed by atoms with Gasteiger partial charge >= 0.3 is 0 Å². The molecule has 0 aliphatic carbocycles. The van der Waals surface area contributed by atoms with Crippen LogP contribution >= 0.6 is 0 Å². The van der Waals surface area contributed by atoms with E-state index in [9.17, 15) is 0 Å². The highest BCUT2D eigenvalue weighted by atomic mass is 16.7. The second kappa shape index (κ2) is 4.33. The Morgan fingerprint density at radius 1 is 1.11 bits per heavy atom. The minimum atomic E-state index is -0.408. The van der Waals surface area contributed by atoms with E-state index in [-0.39, 0.29) is 0 Å². The molecule has 0 amide bonds. The summed E-state index contributed by atoms with van der Waals surface area (Å²) < 4.78 is 11.5. The van der Waals surface area contributed by atoms with E-state index in [2.05, 4.69) is 4.90 Å². The van der Waals surface area contributed by atoms with Gasteiger partial charge in [0.05, 0.1) is 31.1 Å². The van der Waals surface area contributed by atoms with Crippen molar-refractivity contribution in [2.24, 2.45) is 0 Å². The average Bonchev–Trinajstić information content (AvgIpc) is 2.81. The number of piperidine rings is 1. The molecule has 4 N–H and O–H groups in total. The Morgan fingerprint density at radius 2 is 1.89 bits per heavy atom. The summed E-state index contributed by atoms with van der Waals surface area (Å²) in [5.41, 5.74) is 13.9. The van der Waals surface area contributed by atoms with Crippen LogP contribution in [-0.4, -0.2) is 32.1 Å². The summed E-state index contributed by atoms with van der Waals surface area (Å²) in [5, 5.41) is 0. The Kier molecular flexibility index (Phi) is 2.80. The maximum Gasteiger partial charge on any atom is 0.186 e. The quantitative estimate of drug-likeness (QED) is 0.731. The number of ether oxygens (including phenoxy) is 2. The van der Waals surface area contributed by atoms with Gasteiger partial charge in [-0.05, 0) is 24.6 Å². The van der Waals surface area contributed by atoms with Crippen LogP contribution < -0.4 is 16.4 Å². The van der Waals surface area contributed by atoms with Crippen LogP contribution in [-0.2, 0) is 9.47 Å². The summed E-state index contributed by atoms with van der Waals surface area (Å²) in [6, 6.07) is 5.77. The first-order valence-corrected chi connectivity index (χ1v) is 6.36. The number of hydrogen-bond donors (Lipinski definition) is 2. The van der Waals surface area contributed by atoms with Crippen molar-refractivity contribution in [3.63, 3.8) is 0 Å². The van der Waals surface area contributed by atoms with Crippen molar-refractivity contribution >= 4 is 17.1 Å². The summed E-state index contributed by atoms with van der Waals surface area (Å²) in [6.07, 6.45) is 2.03. The predicted octanol–water partition coefficient (Wildman–Crippen LogP) is 1.19. The van der Waals surface area contributed by atoms with E-state index in [0.29, 0.717) is 24.6 Å². The SMILES string of the molecule is Nc1ccc(N2CCCC3(C2)OCCO3)cc1N. The maximum atomic E-state index is 5.86. The zero-order chi connectivity index (χ0) is 12.6. The summed E-state index contributed by atoms with van der Waals surface area (Å²) in [6.45, 7) is 3.14. The third-order valence-corrected chi connectivity index (χ3v) is 3.67. The summed E-state index contributed by atoms with van der Waals surface area (Å²) in [7, 11) is 0. The lowest BCUT2D eigenvalue weighted by Gasteiger charge is -2.39. The van der Waals surface area contributed by atoms with Crippen LogP contribution in [0.3, 0.4) is 0 Å². The predicted molar refractivity (Wildman–Crippen MR) is 71.3 cm³/mol. The first-order chi connectivity index (χ1) is 8.69. The lowest BCUT2D eigenvalue weighted by Crippen LogP contribution is -2.49. The van der Waals surface area contributed by atoms with Gasteiger partial charge in [-0.3, -0.25) is 0 Å². The molecule has 2 fully saturated rings. The fraction of sp³-hybridized carbons (Fsp3) is 0.538. The average molecular weight is 249 g/mol. The van der Waals surface area contributed by atoms with E-state index in [1.165, 1.54) is 0 Å². The normalized spacial score (nSPS) is 22.6. The van der Waals surface area contributed by atoms with Crippen molar-refractivity contribution in [2.75, 3.05) is 42.7 Å². The monoisotopic (exact) mass is 249 g/mol. The Morgan fingerprint density at radius 3 is 2.61 bits per heavy atom. The van der Waals surface area contributed by atoms with Crippen LogP contribution in [0.15, 0.2) is 18.2 Å². The second-order valence-corrected chi connectivity index (χ2v) is 4.95. The van der Waals surface area contributed by atoms with Crippen LogP contribution in [0.25, 0.3) is 0 Å². The maximum absolute atomic E-state index is 5.86. The standard InChI is InChI=1S/C13H19N3O2/c14-11-3-2-10(8-12(11)15)16-5-1-4-13(9-16)17-6-7-18-13/h2-3,8H,1,4-7,9,14-15H2. The molecule has 3 rings (SSSR count). The van der Waals surface area contributed by atoms with Gasteiger partial charge in [0.25, 0.3) is 0 Å². The van der Waals surface area contributed by atoms with Crippen LogP contribution in [0, 0.1) is 0 Å². The minimum Gasteiger partial charge on any atom is -0.397 e. The highest BCUT2D eigenvalue weighted by Crippen LogP contribution is 2.33. The van der Waals surface area contributed by atoms with Crippen LogP contribution in [0.5, 0.6) is 0 Å². The van der Waals surface area contributed by atoms with Crippen molar-refractivity contribution in [2.45, 2.75) is 18.6 Å². The van der Waals surface area contributed by atoms with E-state index >= 15 is 0 Å². The number of anilines is 3. The molecule has 5 nitrogen and oxygen atoms in total. The van der Waals surface area contributed by atoms with Crippen molar-refractivity contribution < 1.29 is 9.47 Å². The van der Waals surface area contributed by atoms with Gasteiger partial charge < -0.3 is 25.8 Å². The van der Waals surface area contributed by atoms with E-state index in [1.54, 1.807) is 0 Å². The first kappa shape index (κ1) is 11.6. The molecule has 0 atom stereocenters. The highest BCUT2D eigenvalue weighted by molar-refractivity contribution is 5.70. The summed E-state index contributed by atoms with van der Waals surface area (Å²) in [4.78, 5) is 2.25. The summed E-state index contributed by atoms with van der Waals surface area (Å²) in [5.74, 6) is -0.408. The molecule has 1 aromatic carbocycles. The van der Waals surface area contributed by atoms with E-state index in [0.717, 1.165) is 31.6 Å². The number of nitrogen functional groups attached to an aromatic ring is 2. The van der Waals surface area contributed by atoms with Crippen molar-refractivity contribution in [3.8, 4) is 0 Å². The molecule has 0 aromatic heterocycles. The van der Waals surface area contributed by atoms with Gasteiger partial charge in [0.2, 0.25) is 0 Å². The van der Waals surface area contributed by atoms with E-state index < -0.39 is 5.79 Å². The molecule has 2 aliphatic heterocycles. The molecule has 0 bridgehead atoms. The van der Waals surface area contributed by atoms with Crippen LogP contribution in [0.2, 0.25) is 0 Å². The summed E-state index contributed by atoms with van der Waals surface area (Å²) >= 11 is 0. The zero-order valence-electron chi connectivity index (χ0n) is 10.4. The molecular formula is C13H19N3O2. The fourth-order valence-electron chi connectivity index (χ4n) is 2.70. The number of rotatable bonds is 1. The molecule has 2 heterocycles. The molecule has 1 aromatic rings. The molecule has 18 heavy (non-hydrogen) atoms. The van der Waals surface area contributed by atoms with Gasteiger partial charge in [-0.15, -0.1) is 0 Å². The lowest BCUT2D eigenvalue weighted by atomic mass is 10.0. The third-order valence-electron chi connectivity index (χ3n) is 3.67. The molecule has 0 unspecified atom stereocenters. The van der Waals surface area contributed by atoms with E-state index in [4.69, 9.17) is 20.9 Å². The smallest absolute Gasteiger partial charge is 0.186 e. The van der Waals surface area contributed by atoms with Crippen molar-refractivity contribution in [3.05, 3.63) is 18.2 Å². The van der Waals surface area contributed by atoms with Crippen LogP contribution in [0.4, 0.5) is 17.1 Å². The number of benzene rings is 1. The first-order valence-electron chi connectivity index (χ1n) is 6.36. The molecular weight excluding hydrogens is 230 g/mol. The van der Waals surface area contributed by atoms with Gasteiger partial charge in [-0.1, -0.05) is 0 Å². The van der Waals surface area contributed by atoms with Gasteiger partial charge in [-0.2, -0.15) is 0 Å². The Bertz CT molecular complexity index is 444. The van der Waals surface area contributed by atoms with Gasteiger partial charge in [-0.25, -0.2) is 0 Å². The minimum absolute atomic E-state index is 0.408. The molecule has 0 saturated carbocycles. The van der Waals surface area contributed by atoms with Crippen molar-refractivity contribution in [1.29, 1.82) is 0 Å². The van der Waals surface area contributed by atoms with E-state index in [1.807, 2.05) is 18.2 Å². The third kappa shape index (κ3) is 2.00. The molecule has 2 aliphatic rings. The van der Waals surface area contributed by atoms with Gasteiger partial charge in [0.15, 0.2) is 5.79 Å². The fourth-order valence-corrected chi connectivity index (χ4v) is 2.70. The number of hydrogen-bond acceptors (Lipinski definition) is 5. The van der Waals surface area contributed by atoms with Crippen molar-refractivity contribution in [1.82, 2.24) is 0 Å². The topological polar surface area (TPSA) is 73.7 Å². The molecule has 0 radical (unpaired) electrons. The molecule has 5 heteroatoms. The zero-order valence-corrected chi connectivity index (χ0v) is 10.4. The number of nitrogens with zero attached hydrogens (tertiary/aromatic N) is 1. The Labute approximate surface area is 107 Å². The molecule has 1 spiro atoms. The lowest BCUT2D eigenvalue weighted by molar-refractivity contribution is -0.161. The van der Waals surface area contributed by atoms with Crippen LogP contribution in [0.1, 0.15) is 12.8 Å². The molecule has 98 valence electrons. The Hall–Kier alpha value is -1.46.